The summed E-state index contributed by atoms with van der Waals surface area (Å²) in [5.41, 5.74) is 0.664. The maximum atomic E-state index is 10.7. The molecule has 0 radical (unpaired) electrons. The molecule has 0 bridgehead atoms. The summed E-state index contributed by atoms with van der Waals surface area (Å²) in [6, 6.07) is 5.44. The lowest BCUT2D eigenvalue weighted by Gasteiger charge is -2.08. The van der Waals surface area contributed by atoms with Gasteiger partial charge in [-0.15, -0.1) is 0 Å². The highest BCUT2D eigenvalue weighted by Gasteiger charge is 2.01. The fraction of sp³-hybridized carbons (Fsp3) is 0.167. The molecule has 84 valence electrons. The summed E-state index contributed by atoms with van der Waals surface area (Å²) in [5, 5.41) is 0. The highest BCUT2D eigenvalue weighted by molar-refractivity contribution is 5.81. The summed E-state index contributed by atoms with van der Waals surface area (Å²) in [4.78, 5) is 14.8. The van der Waals surface area contributed by atoms with Crippen molar-refractivity contribution in [1.82, 2.24) is 4.98 Å². The van der Waals surface area contributed by atoms with E-state index in [0.717, 1.165) is 6.08 Å². The fourth-order valence-electron chi connectivity index (χ4n) is 0.968. The van der Waals surface area contributed by atoms with Crippen LogP contribution in [0.25, 0.3) is 5.76 Å². The van der Waals surface area contributed by atoms with Crippen LogP contribution in [0.2, 0.25) is 0 Å². The van der Waals surface area contributed by atoms with Gasteiger partial charge >= 0.3 is 5.97 Å². The Morgan fingerprint density at radius 1 is 1.38 bits per heavy atom. The van der Waals surface area contributed by atoms with Gasteiger partial charge in [0.05, 0.1) is 0 Å². The van der Waals surface area contributed by atoms with Crippen LogP contribution in [0.1, 0.15) is 5.69 Å². The smallest absolute Gasteiger partial charge is 0.330 e. The predicted molar refractivity (Wildman–Crippen MR) is 60.4 cm³/mol. The van der Waals surface area contributed by atoms with Gasteiger partial charge in [-0.25, -0.2) is 4.79 Å². The number of rotatable bonds is 6. The van der Waals surface area contributed by atoms with E-state index in [-0.39, 0.29) is 13.2 Å². The lowest BCUT2D eigenvalue weighted by atomic mass is 10.3. The average molecular weight is 219 g/mol. The lowest BCUT2D eigenvalue weighted by Crippen LogP contribution is -2.07. The third kappa shape index (κ3) is 3.96. The second-order valence-corrected chi connectivity index (χ2v) is 2.86. The highest BCUT2D eigenvalue weighted by Crippen LogP contribution is 2.09. The van der Waals surface area contributed by atoms with Crippen molar-refractivity contribution >= 4 is 11.7 Å². The number of nitrogens with zero attached hydrogens (tertiary/aromatic N) is 1. The van der Waals surface area contributed by atoms with Crippen LogP contribution in [0, 0.1) is 0 Å². The Hall–Kier alpha value is -2.10. The molecule has 0 atom stereocenters. The maximum Gasteiger partial charge on any atom is 0.330 e. The molecular formula is C12H13NO3. The van der Waals surface area contributed by atoms with Crippen molar-refractivity contribution in [3.8, 4) is 0 Å². The molecule has 0 aliphatic heterocycles. The SMILES string of the molecule is C=CC(=O)OCCOC(=C)c1ccccn1. The van der Waals surface area contributed by atoms with E-state index in [4.69, 9.17) is 9.47 Å². The first-order valence-corrected chi connectivity index (χ1v) is 4.76. The molecule has 0 amide bonds. The Balaban J connectivity index is 2.26. The standard InChI is InChI=1S/C12H13NO3/c1-3-12(14)16-9-8-15-10(2)11-6-4-5-7-13-11/h3-7H,1-2,8-9H2. The second kappa shape index (κ2) is 6.40. The first kappa shape index (κ1) is 12.0. The van der Waals surface area contributed by atoms with Gasteiger partial charge in [0.2, 0.25) is 0 Å². The molecule has 0 unspecified atom stereocenters. The largest absolute Gasteiger partial charge is 0.488 e. The van der Waals surface area contributed by atoms with Crippen LogP contribution in [0.3, 0.4) is 0 Å². The molecule has 0 saturated heterocycles. The van der Waals surface area contributed by atoms with Crippen molar-refractivity contribution in [1.29, 1.82) is 0 Å². The van der Waals surface area contributed by atoms with Crippen molar-refractivity contribution < 1.29 is 14.3 Å². The minimum atomic E-state index is -0.466. The number of esters is 1. The number of hydrogen-bond acceptors (Lipinski definition) is 4. The van der Waals surface area contributed by atoms with Crippen LogP contribution in [0.5, 0.6) is 0 Å². The second-order valence-electron chi connectivity index (χ2n) is 2.86. The van der Waals surface area contributed by atoms with Gasteiger partial charge in [0, 0.05) is 12.3 Å². The van der Waals surface area contributed by atoms with Gasteiger partial charge in [-0.3, -0.25) is 4.98 Å². The molecule has 16 heavy (non-hydrogen) atoms. The first-order chi connectivity index (χ1) is 7.74. The zero-order chi connectivity index (χ0) is 11.8. The molecule has 0 spiro atoms. The quantitative estimate of drug-likeness (QED) is 0.317. The maximum absolute atomic E-state index is 10.7. The monoisotopic (exact) mass is 219 g/mol. The lowest BCUT2D eigenvalue weighted by molar-refractivity contribution is -0.138. The first-order valence-electron chi connectivity index (χ1n) is 4.76. The summed E-state index contributed by atoms with van der Waals surface area (Å²) in [7, 11) is 0. The number of carbonyl (C=O) groups excluding carboxylic acids is 1. The van der Waals surface area contributed by atoms with Crippen LogP contribution in [-0.4, -0.2) is 24.2 Å². The van der Waals surface area contributed by atoms with Crippen LogP contribution < -0.4 is 0 Å². The van der Waals surface area contributed by atoms with Gasteiger partial charge in [-0.05, 0) is 12.1 Å². The van der Waals surface area contributed by atoms with E-state index < -0.39 is 5.97 Å². The predicted octanol–water partition coefficient (Wildman–Crippen LogP) is 1.80. The molecule has 0 aromatic carbocycles. The summed E-state index contributed by atoms with van der Waals surface area (Å²) >= 11 is 0. The van der Waals surface area contributed by atoms with E-state index in [1.54, 1.807) is 12.3 Å². The number of aromatic nitrogens is 1. The summed E-state index contributed by atoms with van der Waals surface area (Å²) in [5.74, 6) is -0.0118. The van der Waals surface area contributed by atoms with E-state index in [2.05, 4.69) is 18.1 Å². The zero-order valence-electron chi connectivity index (χ0n) is 8.89. The van der Waals surface area contributed by atoms with Crippen molar-refractivity contribution in [2.45, 2.75) is 0 Å². The minimum Gasteiger partial charge on any atom is -0.488 e. The molecule has 0 N–H and O–H groups in total. The Morgan fingerprint density at radius 3 is 2.75 bits per heavy atom. The normalized spacial score (nSPS) is 9.25. The van der Waals surface area contributed by atoms with E-state index >= 15 is 0 Å². The molecule has 0 aliphatic rings. The summed E-state index contributed by atoms with van der Waals surface area (Å²) < 4.78 is 9.99. The Morgan fingerprint density at radius 2 is 2.12 bits per heavy atom. The van der Waals surface area contributed by atoms with Crippen molar-refractivity contribution in [3.63, 3.8) is 0 Å². The van der Waals surface area contributed by atoms with Crippen molar-refractivity contribution in [2.24, 2.45) is 0 Å². The summed E-state index contributed by atoms with van der Waals surface area (Å²) in [6.07, 6.45) is 2.76. The number of carbonyl (C=O) groups is 1. The molecule has 1 aromatic rings. The minimum absolute atomic E-state index is 0.163. The molecular weight excluding hydrogens is 206 g/mol. The Kier molecular flexibility index (Phi) is 4.79. The van der Waals surface area contributed by atoms with E-state index in [0.29, 0.717) is 11.5 Å². The average Bonchev–Trinajstić information content (AvgIpc) is 2.35. The van der Waals surface area contributed by atoms with Gasteiger partial charge in [0.15, 0.2) is 0 Å². The van der Waals surface area contributed by atoms with Gasteiger partial charge in [-0.1, -0.05) is 19.2 Å². The molecule has 0 aliphatic carbocycles. The molecule has 0 fully saturated rings. The third-order valence-corrected chi connectivity index (χ3v) is 1.72. The molecule has 1 rings (SSSR count). The summed E-state index contributed by atoms with van der Waals surface area (Å²) in [6.45, 7) is 7.40. The molecule has 0 saturated carbocycles. The van der Waals surface area contributed by atoms with Crippen LogP contribution in [0.15, 0.2) is 43.6 Å². The highest BCUT2D eigenvalue weighted by atomic mass is 16.6. The third-order valence-electron chi connectivity index (χ3n) is 1.72. The van der Waals surface area contributed by atoms with Crippen molar-refractivity contribution in [3.05, 3.63) is 49.3 Å². The van der Waals surface area contributed by atoms with Gasteiger partial charge in [-0.2, -0.15) is 0 Å². The van der Waals surface area contributed by atoms with Crippen LogP contribution in [0.4, 0.5) is 0 Å². The van der Waals surface area contributed by atoms with Crippen LogP contribution >= 0.6 is 0 Å². The molecule has 1 aromatic heterocycles. The number of hydrogen-bond donors (Lipinski definition) is 0. The van der Waals surface area contributed by atoms with Crippen molar-refractivity contribution in [2.75, 3.05) is 13.2 Å². The van der Waals surface area contributed by atoms with Gasteiger partial charge in [0.25, 0.3) is 0 Å². The van der Waals surface area contributed by atoms with E-state index in [1.165, 1.54) is 0 Å². The van der Waals surface area contributed by atoms with Gasteiger partial charge in [0.1, 0.15) is 24.7 Å². The molecule has 1 heterocycles. The molecule has 4 nitrogen and oxygen atoms in total. The topological polar surface area (TPSA) is 48.4 Å². The zero-order valence-corrected chi connectivity index (χ0v) is 8.89. The Bertz CT molecular complexity index is 373. The molecule has 4 heteroatoms. The van der Waals surface area contributed by atoms with E-state index in [1.807, 2.05) is 12.1 Å². The fourth-order valence-corrected chi connectivity index (χ4v) is 0.968. The van der Waals surface area contributed by atoms with Gasteiger partial charge < -0.3 is 9.47 Å². The number of pyridine rings is 1. The number of ether oxygens (including phenoxy) is 2. The Labute approximate surface area is 94.2 Å². The van der Waals surface area contributed by atoms with E-state index in [9.17, 15) is 4.79 Å². The van der Waals surface area contributed by atoms with Crippen LogP contribution in [-0.2, 0) is 14.3 Å².